The second-order valence-electron chi connectivity index (χ2n) is 5.69. The van der Waals surface area contributed by atoms with Gasteiger partial charge >= 0.3 is 5.97 Å². The predicted molar refractivity (Wildman–Crippen MR) is 88.6 cm³/mol. The lowest BCUT2D eigenvalue weighted by Gasteiger charge is -2.25. The normalized spacial score (nSPS) is 18.4. The van der Waals surface area contributed by atoms with Crippen LogP contribution in [-0.4, -0.2) is 26.2 Å². The zero-order chi connectivity index (χ0) is 16.1. The molecule has 1 saturated heterocycles. The zero-order valence-corrected chi connectivity index (χ0v) is 13.2. The van der Waals surface area contributed by atoms with Crippen molar-refractivity contribution in [2.24, 2.45) is 5.92 Å². The first-order chi connectivity index (χ1) is 11.3. The molecule has 1 aliphatic heterocycles. The Morgan fingerprint density at radius 3 is 2.57 bits per heavy atom. The molecule has 2 atom stereocenters. The first kappa shape index (κ1) is 15.6. The molecule has 0 bridgehead atoms. The summed E-state index contributed by atoms with van der Waals surface area (Å²) in [5.74, 6) is 0.570. The van der Waals surface area contributed by atoms with E-state index in [0.717, 1.165) is 25.1 Å². The molecular formula is C19H21NO3. The average molecular weight is 311 g/mol. The highest BCUT2D eigenvalue weighted by molar-refractivity contribution is 5.92. The van der Waals surface area contributed by atoms with Crippen molar-refractivity contribution in [2.75, 3.05) is 20.2 Å². The Morgan fingerprint density at radius 1 is 1.13 bits per heavy atom. The van der Waals surface area contributed by atoms with Crippen LogP contribution in [-0.2, 0) is 4.74 Å². The van der Waals surface area contributed by atoms with E-state index in [2.05, 4.69) is 17.4 Å². The maximum absolute atomic E-state index is 12.0. The van der Waals surface area contributed by atoms with Crippen molar-refractivity contribution < 1.29 is 14.3 Å². The van der Waals surface area contributed by atoms with Gasteiger partial charge in [-0.3, -0.25) is 0 Å². The Morgan fingerprint density at radius 2 is 1.87 bits per heavy atom. The molecule has 1 aliphatic rings. The van der Waals surface area contributed by atoms with Crippen molar-refractivity contribution in [2.45, 2.75) is 12.5 Å². The molecule has 1 fully saturated rings. The largest absolute Gasteiger partial charge is 0.484 e. The molecule has 3 rings (SSSR count). The number of hydrogen-bond acceptors (Lipinski definition) is 4. The summed E-state index contributed by atoms with van der Waals surface area (Å²) < 4.78 is 11.2. The molecule has 1 heterocycles. The van der Waals surface area contributed by atoms with Gasteiger partial charge in [0.15, 0.2) is 0 Å². The third kappa shape index (κ3) is 3.54. The molecule has 1 N–H and O–H groups in total. The van der Waals surface area contributed by atoms with E-state index < -0.39 is 0 Å². The molecule has 0 spiro atoms. The number of carbonyl (C=O) groups excluding carboxylic acids is 1. The Labute approximate surface area is 136 Å². The number of para-hydroxylation sites is 1. The fourth-order valence-electron chi connectivity index (χ4n) is 3.00. The summed E-state index contributed by atoms with van der Waals surface area (Å²) in [6.07, 6.45) is 0.969. The van der Waals surface area contributed by atoms with Crippen molar-refractivity contribution in [1.29, 1.82) is 0 Å². The van der Waals surface area contributed by atoms with Crippen LogP contribution < -0.4 is 10.1 Å². The van der Waals surface area contributed by atoms with E-state index in [4.69, 9.17) is 9.47 Å². The molecule has 0 amide bonds. The van der Waals surface area contributed by atoms with Gasteiger partial charge in [0.1, 0.15) is 17.4 Å². The number of carbonyl (C=O) groups is 1. The van der Waals surface area contributed by atoms with Crippen LogP contribution in [0.5, 0.6) is 5.75 Å². The minimum absolute atomic E-state index is 0.0861. The second kappa shape index (κ2) is 7.29. The first-order valence-electron chi connectivity index (χ1n) is 7.89. The molecule has 0 radical (unpaired) electrons. The van der Waals surface area contributed by atoms with Gasteiger partial charge in [0.25, 0.3) is 0 Å². The van der Waals surface area contributed by atoms with E-state index in [1.54, 1.807) is 6.07 Å². The maximum Gasteiger partial charge on any atom is 0.341 e. The van der Waals surface area contributed by atoms with Crippen molar-refractivity contribution in [1.82, 2.24) is 5.32 Å². The summed E-state index contributed by atoms with van der Waals surface area (Å²) in [6, 6.07) is 17.4. The van der Waals surface area contributed by atoms with E-state index >= 15 is 0 Å². The van der Waals surface area contributed by atoms with E-state index in [0.29, 0.717) is 17.2 Å². The van der Waals surface area contributed by atoms with Gasteiger partial charge in [0.2, 0.25) is 0 Å². The van der Waals surface area contributed by atoms with E-state index in [1.165, 1.54) is 7.11 Å². The van der Waals surface area contributed by atoms with Crippen LogP contribution in [0.1, 0.15) is 28.4 Å². The molecule has 4 heteroatoms. The molecule has 2 aromatic carbocycles. The van der Waals surface area contributed by atoms with Gasteiger partial charge in [0, 0.05) is 12.5 Å². The molecule has 0 saturated carbocycles. The minimum atomic E-state index is -0.378. The molecule has 120 valence electrons. The third-order valence-corrected chi connectivity index (χ3v) is 4.20. The second-order valence-corrected chi connectivity index (χ2v) is 5.69. The number of hydrogen-bond donors (Lipinski definition) is 1. The fourth-order valence-corrected chi connectivity index (χ4v) is 3.00. The van der Waals surface area contributed by atoms with Gasteiger partial charge in [-0.2, -0.15) is 0 Å². The van der Waals surface area contributed by atoms with E-state index in [-0.39, 0.29) is 12.1 Å². The van der Waals surface area contributed by atoms with Crippen LogP contribution in [0.4, 0.5) is 0 Å². The van der Waals surface area contributed by atoms with Crippen LogP contribution in [0.15, 0.2) is 54.6 Å². The Hall–Kier alpha value is -2.33. The lowest BCUT2D eigenvalue weighted by Crippen LogP contribution is -2.22. The van der Waals surface area contributed by atoms with E-state index in [9.17, 15) is 4.79 Å². The lowest BCUT2D eigenvalue weighted by molar-refractivity contribution is 0.0588. The number of ether oxygens (including phenoxy) is 2. The molecule has 0 aliphatic carbocycles. The molecular weight excluding hydrogens is 290 g/mol. The summed E-state index contributed by atoms with van der Waals surface area (Å²) in [7, 11) is 1.38. The van der Waals surface area contributed by atoms with Crippen LogP contribution in [0.25, 0.3) is 0 Å². The number of nitrogens with one attached hydrogen (secondary N) is 1. The van der Waals surface area contributed by atoms with Crippen LogP contribution in [0, 0.1) is 5.92 Å². The summed E-state index contributed by atoms with van der Waals surface area (Å²) in [5.41, 5.74) is 1.59. The Bertz CT molecular complexity index is 651. The molecule has 0 aromatic heterocycles. The lowest BCUT2D eigenvalue weighted by atomic mass is 9.94. The first-order valence-corrected chi connectivity index (χ1v) is 7.89. The Kier molecular flexibility index (Phi) is 4.93. The summed E-state index contributed by atoms with van der Waals surface area (Å²) in [6.45, 7) is 1.91. The van der Waals surface area contributed by atoms with Gasteiger partial charge < -0.3 is 14.8 Å². The Balaban J connectivity index is 1.91. The zero-order valence-electron chi connectivity index (χ0n) is 13.2. The van der Waals surface area contributed by atoms with Crippen molar-refractivity contribution in [3.8, 4) is 5.75 Å². The standard InChI is InChI=1S/C19H21NO3/c1-22-19(21)16-9-5-6-10-17(16)23-18(15-11-12-20-13-15)14-7-3-2-4-8-14/h2-10,15,18,20H,11-13H2,1H3/t15?,18-/m1/s1. The summed E-state index contributed by atoms with van der Waals surface area (Å²) in [5, 5.41) is 3.39. The van der Waals surface area contributed by atoms with E-state index in [1.807, 2.05) is 36.4 Å². The maximum atomic E-state index is 12.0. The quantitative estimate of drug-likeness (QED) is 0.862. The van der Waals surface area contributed by atoms with Gasteiger partial charge in [0.05, 0.1) is 7.11 Å². The highest BCUT2D eigenvalue weighted by atomic mass is 16.5. The van der Waals surface area contributed by atoms with Crippen molar-refractivity contribution in [3.63, 3.8) is 0 Å². The summed E-state index contributed by atoms with van der Waals surface area (Å²) in [4.78, 5) is 12.0. The van der Waals surface area contributed by atoms with Gasteiger partial charge in [-0.15, -0.1) is 0 Å². The van der Waals surface area contributed by atoms with Crippen molar-refractivity contribution in [3.05, 3.63) is 65.7 Å². The number of rotatable bonds is 5. The highest BCUT2D eigenvalue weighted by Crippen LogP contribution is 2.33. The van der Waals surface area contributed by atoms with Crippen LogP contribution >= 0.6 is 0 Å². The highest BCUT2D eigenvalue weighted by Gasteiger charge is 2.29. The average Bonchev–Trinajstić information content (AvgIpc) is 3.14. The molecule has 23 heavy (non-hydrogen) atoms. The SMILES string of the molecule is COC(=O)c1ccccc1O[C@H](c1ccccc1)C1CCNC1. The number of benzene rings is 2. The number of methoxy groups -OCH3 is 1. The third-order valence-electron chi connectivity index (χ3n) is 4.20. The predicted octanol–water partition coefficient (Wildman–Crippen LogP) is 3.20. The van der Waals surface area contributed by atoms with Crippen LogP contribution in [0.2, 0.25) is 0 Å². The monoisotopic (exact) mass is 311 g/mol. The number of esters is 1. The molecule has 2 aromatic rings. The molecule has 1 unspecified atom stereocenters. The van der Waals surface area contributed by atoms with Gasteiger partial charge in [-0.05, 0) is 30.7 Å². The smallest absolute Gasteiger partial charge is 0.341 e. The molecule has 4 nitrogen and oxygen atoms in total. The van der Waals surface area contributed by atoms with Crippen LogP contribution in [0.3, 0.4) is 0 Å². The van der Waals surface area contributed by atoms with Gasteiger partial charge in [-0.25, -0.2) is 4.79 Å². The minimum Gasteiger partial charge on any atom is -0.484 e. The fraction of sp³-hybridized carbons (Fsp3) is 0.316. The van der Waals surface area contributed by atoms with Gasteiger partial charge in [-0.1, -0.05) is 42.5 Å². The summed E-state index contributed by atoms with van der Waals surface area (Å²) >= 11 is 0. The topological polar surface area (TPSA) is 47.6 Å². The van der Waals surface area contributed by atoms with Crippen molar-refractivity contribution >= 4 is 5.97 Å².